The first kappa shape index (κ1) is 16.5. The molecule has 2 heterocycles. The summed E-state index contributed by atoms with van der Waals surface area (Å²) >= 11 is 3.39. The van der Waals surface area contributed by atoms with Gasteiger partial charge in [0.15, 0.2) is 0 Å². The molecule has 6 heteroatoms. The van der Waals surface area contributed by atoms with E-state index in [2.05, 4.69) is 15.9 Å². The Hall–Kier alpha value is -1.40. The number of hydrogen-bond acceptors (Lipinski definition) is 3. The maximum absolute atomic E-state index is 12.5. The number of likely N-dealkylation sites (tertiary alicyclic amines) is 1. The van der Waals surface area contributed by atoms with Crippen LogP contribution in [0.25, 0.3) is 0 Å². The van der Waals surface area contributed by atoms with Gasteiger partial charge in [-0.2, -0.15) is 0 Å². The zero-order valence-electron chi connectivity index (χ0n) is 12.8. The summed E-state index contributed by atoms with van der Waals surface area (Å²) in [6, 6.07) is 7.91. The predicted octanol–water partition coefficient (Wildman–Crippen LogP) is 2.33. The van der Waals surface area contributed by atoms with Crippen molar-refractivity contribution >= 4 is 27.8 Å². The quantitative estimate of drug-likeness (QED) is 0.868. The van der Waals surface area contributed by atoms with Gasteiger partial charge in [-0.25, -0.2) is 0 Å². The van der Waals surface area contributed by atoms with Crippen molar-refractivity contribution in [2.45, 2.75) is 19.3 Å². The van der Waals surface area contributed by atoms with Gasteiger partial charge >= 0.3 is 5.97 Å². The molecule has 2 aliphatic rings. The minimum absolute atomic E-state index is 0.0305. The van der Waals surface area contributed by atoms with Crippen molar-refractivity contribution in [1.82, 2.24) is 4.90 Å². The van der Waals surface area contributed by atoms with Gasteiger partial charge in [0, 0.05) is 36.5 Å². The van der Waals surface area contributed by atoms with E-state index in [1.165, 1.54) is 0 Å². The number of carbonyl (C=O) groups excluding carboxylic acids is 1. The summed E-state index contributed by atoms with van der Waals surface area (Å²) in [5.41, 5.74) is 0.292. The number of nitrogens with zero attached hydrogens (tertiary/aromatic N) is 1. The van der Waals surface area contributed by atoms with Crippen molar-refractivity contribution in [3.8, 4) is 0 Å². The zero-order valence-corrected chi connectivity index (χ0v) is 14.4. The Morgan fingerprint density at radius 1 is 1.35 bits per heavy atom. The van der Waals surface area contributed by atoms with Gasteiger partial charge in [-0.1, -0.05) is 28.1 Å². The van der Waals surface area contributed by atoms with Crippen molar-refractivity contribution in [3.63, 3.8) is 0 Å². The van der Waals surface area contributed by atoms with Crippen LogP contribution in [0.15, 0.2) is 28.7 Å². The number of fused-ring (bicyclic) bond motifs is 1. The molecule has 1 amide bonds. The van der Waals surface area contributed by atoms with Gasteiger partial charge in [-0.15, -0.1) is 0 Å². The lowest BCUT2D eigenvalue weighted by molar-refractivity contribution is -0.157. The molecule has 0 aromatic heterocycles. The molecule has 1 N–H and O–H groups in total. The van der Waals surface area contributed by atoms with E-state index in [9.17, 15) is 14.7 Å². The second-order valence-electron chi connectivity index (χ2n) is 6.38. The maximum Gasteiger partial charge on any atom is 0.311 e. The van der Waals surface area contributed by atoms with E-state index < -0.39 is 11.4 Å². The molecule has 2 aliphatic heterocycles. The van der Waals surface area contributed by atoms with Gasteiger partial charge < -0.3 is 14.7 Å². The van der Waals surface area contributed by atoms with E-state index in [0.717, 1.165) is 10.0 Å². The zero-order chi connectivity index (χ0) is 16.4. The molecule has 2 saturated heterocycles. The summed E-state index contributed by atoms with van der Waals surface area (Å²) in [7, 11) is 0. The maximum atomic E-state index is 12.5. The number of ether oxygens (including phenoxy) is 1. The molecule has 5 nitrogen and oxygen atoms in total. The van der Waals surface area contributed by atoms with E-state index in [4.69, 9.17) is 4.74 Å². The van der Waals surface area contributed by atoms with Crippen molar-refractivity contribution in [2.24, 2.45) is 11.3 Å². The van der Waals surface area contributed by atoms with Crippen LogP contribution in [0.4, 0.5) is 0 Å². The largest absolute Gasteiger partial charge is 0.481 e. The molecule has 2 fully saturated rings. The molecular weight excluding hydrogens is 362 g/mol. The number of carboxylic acid groups (broad SMARTS) is 1. The van der Waals surface area contributed by atoms with E-state index in [0.29, 0.717) is 45.6 Å². The van der Waals surface area contributed by atoms with Crippen LogP contribution in [0.1, 0.15) is 18.4 Å². The lowest BCUT2D eigenvalue weighted by Gasteiger charge is -2.33. The molecule has 0 aliphatic carbocycles. The number of amides is 1. The van der Waals surface area contributed by atoms with Crippen molar-refractivity contribution < 1.29 is 19.4 Å². The first-order valence-corrected chi connectivity index (χ1v) is 8.64. The van der Waals surface area contributed by atoms with Crippen LogP contribution in [-0.2, 0) is 20.7 Å². The summed E-state index contributed by atoms with van der Waals surface area (Å²) in [6.07, 6.45) is 1.57. The Morgan fingerprint density at radius 3 is 2.74 bits per heavy atom. The second-order valence-corrected chi connectivity index (χ2v) is 7.30. The Kier molecular flexibility index (Phi) is 4.73. The van der Waals surface area contributed by atoms with Crippen LogP contribution < -0.4 is 0 Å². The van der Waals surface area contributed by atoms with E-state index in [1.807, 2.05) is 24.3 Å². The number of benzene rings is 1. The fourth-order valence-electron chi connectivity index (χ4n) is 3.55. The van der Waals surface area contributed by atoms with Crippen LogP contribution in [-0.4, -0.2) is 48.2 Å². The van der Waals surface area contributed by atoms with Gasteiger partial charge in [0.2, 0.25) is 5.91 Å². The number of aliphatic carboxylic acids is 1. The third-order valence-electron chi connectivity index (χ3n) is 5.03. The molecule has 1 aromatic carbocycles. The van der Waals surface area contributed by atoms with Crippen molar-refractivity contribution in [1.29, 1.82) is 0 Å². The van der Waals surface area contributed by atoms with Crippen molar-refractivity contribution in [3.05, 3.63) is 34.3 Å². The Bertz CT molecular complexity index is 603. The third-order valence-corrected chi connectivity index (χ3v) is 5.55. The van der Waals surface area contributed by atoms with E-state index in [1.54, 1.807) is 4.90 Å². The molecule has 0 saturated carbocycles. The summed E-state index contributed by atoms with van der Waals surface area (Å²) < 4.78 is 6.43. The Balaban J connectivity index is 1.62. The van der Waals surface area contributed by atoms with Gasteiger partial charge in [0.25, 0.3) is 0 Å². The minimum atomic E-state index is -0.814. The number of hydrogen-bond donors (Lipinski definition) is 1. The topological polar surface area (TPSA) is 66.8 Å². The van der Waals surface area contributed by atoms with Crippen LogP contribution >= 0.6 is 15.9 Å². The molecule has 0 spiro atoms. The lowest BCUT2D eigenvalue weighted by atomic mass is 9.74. The number of carbonyl (C=O) groups is 2. The van der Waals surface area contributed by atoms with Gasteiger partial charge in [0.05, 0.1) is 12.0 Å². The fourth-order valence-corrected chi connectivity index (χ4v) is 3.81. The Morgan fingerprint density at radius 2 is 2.09 bits per heavy atom. The fraction of sp³-hybridized carbons (Fsp3) is 0.529. The second kappa shape index (κ2) is 6.61. The molecule has 2 atom stereocenters. The average Bonchev–Trinajstić information content (AvgIpc) is 2.95. The highest BCUT2D eigenvalue weighted by atomic mass is 79.9. The molecular formula is C17H20BrNO4. The van der Waals surface area contributed by atoms with Crippen LogP contribution in [0.5, 0.6) is 0 Å². The van der Waals surface area contributed by atoms with Crippen LogP contribution in [0.3, 0.4) is 0 Å². The molecule has 124 valence electrons. The molecule has 1 aromatic rings. The van der Waals surface area contributed by atoms with Gasteiger partial charge in [-0.3, -0.25) is 9.59 Å². The van der Waals surface area contributed by atoms with Crippen LogP contribution in [0, 0.1) is 11.3 Å². The summed E-state index contributed by atoms with van der Waals surface area (Å²) in [4.78, 5) is 25.9. The van der Waals surface area contributed by atoms with E-state index in [-0.39, 0.29) is 11.8 Å². The Labute approximate surface area is 143 Å². The van der Waals surface area contributed by atoms with E-state index >= 15 is 0 Å². The highest BCUT2D eigenvalue weighted by Crippen LogP contribution is 2.42. The third kappa shape index (κ3) is 3.28. The first-order chi connectivity index (χ1) is 11.0. The molecule has 23 heavy (non-hydrogen) atoms. The first-order valence-electron chi connectivity index (χ1n) is 7.85. The summed E-state index contributed by atoms with van der Waals surface area (Å²) in [5, 5.41) is 9.63. The van der Waals surface area contributed by atoms with Gasteiger partial charge in [0.1, 0.15) is 0 Å². The molecule has 0 radical (unpaired) electrons. The molecule has 0 unspecified atom stereocenters. The summed E-state index contributed by atoms with van der Waals surface area (Å²) in [5.74, 6) is -0.859. The molecule has 3 rings (SSSR count). The van der Waals surface area contributed by atoms with Crippen LogP contribution in [0.2, 0.25) is 0 Å². The minimum Gasteiger partial charge on any atom is -0.481 e. The molecule has 0 bridgehead atoms. The number of aryl methyl sites for hydroxylation is 1. The standard InChI is InChI=1S/C17H20BrNO4/c18-14-4-1-12(2-5-14)3-6-15(20)19-9-13-10-23-8-7-17(13,11-19)16(21)22/h1-2,4-5,13H,3,6-11H2,(H,21,22)/t13-,17+/m0/s1. The SMILES string of the molecule is O=C(CCc1ccc(Br)cc1)N1C[C@H]2COCC[C@@]2(C(=O)O)C1. The number of rotatable bonds is 4. The smallest absolute Gasteiger partial charge is 0.311 e. The van der Waals surface area contributed by atoms with Gasteiger partial charge in [-0.05, 0) is 30.5 Å². The number of carboxylic acids is 1. The highest BCUT2D eigenvalue weighted by molar-refractivity contribution is 9.10. The lowest BCUT2D eigenvalue weighted by Crippen LogP contribution is -2.45. The van der Waals surface area contributed by atoms with Crippen molar-refractivity contribution in [2.75, 3.05) is 26.3 Å². The summed E-state index contributed by atoms with van der Waals surface area (Å²) in [6.45, 7) is 1.70. The normalized spacial score (nSPS) is 26.8. The average molecular weight is 382 g/mol. The highest BCUT2D eigenvalue weighted by Gasteiger charge is 2.54. The predicted molar refractivity (Wildman–Crippen MR) is 88.0 cm³/mol. The number of halogens is 1. The monoisotopic (exact) mass is 381 g/mol.